The summed E-state index contributed by atoms with van der Waals surface area (Å²) in [6.07, 6.45) is 7.25. The third-order valence-corrected chi connectivity index (χ3v) is 4.68. The predicted molar refractivity (Wildman–Crippen MR) is 93.2 cm³/mol. The van der Waals surface area contributed by atoms with Crippen molar-refractivity contribution in [3.63, 3.8) is 0 Å². The molecule has 2 heterocycles. The Morgan fingerprint density at radius 2 is 2.20 bits per heavy atom. The van der Waals surface area contributed by atoms with Crippen LogP contribution in [0, 0.1) is 11.7 Å². The number of amides is 1. The largest absolute Gasteiger partial charge is 0.396 e. The van der Waals surface area contributed by atoms with Gasteiger partial charge in [0.1, 0.15) is 5.82 Å². The molecule has 1 aliphatic rings. The molecule has 0 bridgehead atoms. The Labute approximate surface area is 146 Å². The number of aryl methyl sites for hydroxylation is 1. The fraction of sp³-hybridized carbons (Fsp3) is 0.368. The highest BCUT2D eigenvalue weighted by atomic mass is 19.1. The number of likely N-dealkylation sites (tertiary alicyclic amines) is 1. The first-order chi connectivity index (χ1) is 12.1. The van der Waals surface area contributed by atoms with Crippen molar-refractivity contribution in [2.75, 3.05) is 19.7 Å². The third kappa shape index (κ3) is 3.96. The van der Waals surface area contributed by atoms with Crippen LogP contribution in [0.1, 0.15) is 23.5 Å². The molecule has 1 saturated heterocycles. The molecule has 0 aliphatic carbocycles. The van der Waals surface area contributed by atoms with Crippen molar-refractivity contribution in [3.8, 4) is 0 Å². The van der Waals surface area contributed by atoms with Crippen molar-refractivity contribution in [1.82, 2.24) is 14.7 Å². The van der Waals surface area contributed by atoms with Crippen LogP contribution < -0.4 is 0 Å². The zero-order valence-electron chi connectivity index (χ0n) is 14.2. The number of hydrogen-bond donors (Lipinski definition) is 1. The van der Waals surface area contributed by atoms with Crippen LogP contribution in [0.15, 0.2) is 42.7 Å². The smallest absolute Gasteiger partial charge is 0.226 e. The maximum Gasteiger partial charge on any atom is 0.226 e. The van der Waals surface area contributed by atoms with Crippen LogP contribution >= 0.6 is 0 Å². The SMILES string of the molecule is Cn1cc([C@@H]2CN(C(=O)C/C=C/c3ccccc3F)C[C@H]2CO)cn1. The van der Waals surface area contributed by atoms with Crippen LogP contribution in [0.2, 0.25) is 0 Å². The molecule has 132 valence electrons. The Morgan fingerprint density at radius 1 is 1.40 bits per heavy atom. The zero-order valence-corrected chi connectivity index (χ0v) is 14.2. The van der Waals surface area contributed by atoms with E-state index in [1.165, 1.54) is 6.07 Å². The van der Waals surface area contributed by atoms with E-state index < -0.39 is 0 Å². The van der Waals surface area contributed by atoms with Gasteiger partial charge in [0.25, 0.3) is 0 Å². The molecule has 1 aromatic carbocycles. The minimum absolute atomic E-state index is 0.0163. The number of aromatic nitrogens is 2. The molecule has 5 nitrogen and oxygen atoms in total. The number of aliphatic hydroxyl groups excluding tert-OH is 1. The molecule has 3 rings (SSSR count). The fourth-order valence-corrected chi connectivity index (χ4v) is 3.30. The molecule has 1 aromatic heterocycles. The molecule has 0 radical (unpaired) electrons. The van der Waals surface area contributed by atoms with Crippen LogP contribution in [0.3, 0.4) is 0 Å². The molecule has 1 amide bonds. The predicted octanol–water partition coefficient (Wildman–Crippen LogP) is 2.20. The lowest BCUT2D eigenvalue weighted by atomic mass is 9.92. The highest BCUT2D eigenvalue weighted by molar-refractivity contribution is 5.79. The zero-order chi connectivity index (χ0) is 17.8. The molecule has 25 heavy (non-hydrogen) atoms. The van der Waals surface area contributed by atoms with Crippen molar-refractivity contribution in [1.29, 1.82) is 0 Å². The highest BCUT2D eigenvalue weighted by Gasteiger charge is 2.35. The van der Waals surface area contributed by atoms with Crippen LogP contribution in [0.5, 0.6) is 0 Å². The van der Waals surface area contributed by atoms with Gasteiger partial charge in [0.05, 0.1) is 6.20 Å². The molecular weight excluding hydrogens is 321 g/mol. The Hall–Kier alpha value is -2.47. The van der Waals surface area contributed by atoms with Gasteiger partial charge in [-0.25, -0.2) is 4.39 Å². The normalized spacial score (nSPS) is 20.5. The molecule has 1 aliphatic heterocycles. The van der Waals surface area contributed by atoms with Crippen LogP contribution in [-0.2, 0) is 11.8 Å². The van der Waals surface area contributed by atoms with Gasteiger partial charge < -0.3 is 10.0 Å². The Morgan fingerprint density at radius 3 is 2.88 bits per heavy atom. The first-order valence-electron chi connectivity index (χ1n) is 8.36. The molecule has 0 saturated carbocycles. The standard InChI is InChI=1S/C19H22FN3O2/c1-22-10-15(9-21-22)17-12-23(11-16(17)13-24)19(25)8-4-6-14-5-2-3-7-18(14)20/h2-7,9-10,16-17,24H,8,11-13H2,1H3/b6-4+/t16-,17-/m0/s1. The van der Waals surface area contributed by atoms with Crippen molar-refractivity contribution in [3.05, 3.63) is 59.7 Å². The van der Waals surface area contributed by atoms with Crippen LogP contribution in [0.25, 0.3) is 6.08 Å². The van der Waals surface area contributed by atoms with Gasteiger partial charge in [0, 0.05) is 56.8 Å². The van der Waals surface area contributed by atoms with E-state index in [2.05, 4.69) is 5.10 Å². The average molecular weight is 343 g/mol. The molecule has 2 aromatic rings. The maximum absolute atomic E-state index is 13.6. The van der Waals surface area contributed by atoms with E-state index >= 15 is 0 Å². The van der Waals surface area contributed by atoms with E-state index in [9.17, 15) is 14.3 Å². The number of carbonyl (C=O) groups is 1. The lowest BCUT2D eigenvalue weighted by Gasteiger charge is -2.15. The van der Waals surface area contributed by atoms with Gasteiger partial charge >= 0.3 is 0 Å². The first-order valence-corrected chi connectivity index (χ1v) is 8.36. The third-order valence-electron chi connectivity index (χ3n) is 4.68. The van der Waals surface area contributed by atoms with E-state index in [4.69, 9.17) is 0 Å². The molecule has 2 atom stereocenters. The van der Waals surface area contributed by atoms with E-state index in [0.717, 1.165) is 5.56 Å². The van der Waals surface area contributed by atoms with E-state index in [-0.39, 0.29) is 36.6 Å². The molecule has 6 heteroatoms. The van der Waals surface area contributed by atoms with E-state index in [1.54, 1.807) is 46.1 Å². The van der Waals surface area contributed by atoms with Crippen molar-refractivity contribution >= 4 is 12.0 Å². The summed E-state index contributed by atoms with van der Waals surface area (Å²) < 4.78 is 15.3. The molecule has 0 spiro atoms. The van der Waals surface area contributed by atoms with Gasteiger partial charge in [0.2, 0.25) is 5.91 Å². The van der Waals surface area contributed by atoms with Gasteiger partial charge in [-0.3, -0.25) is 9.48 Å². The van der Waals surface area contributed by atoms with Crippen molar-refractivity contribution in [2.45, 2.75) is 12.3 Å². The molecule has 0 unspecified atom stereocenters. The monoisotopic (exact) mass is 343 g/mol. The number of aliphatic hydroxyl groups is 1. The highest BCUT2D eigenvalue weighted by Crippen LogP contribution is 2.32. The van der Waals surface area contributed by atoms with Gasteiger partial charge in [-0.2, -0.15) is 5.10 Å². The molecular formula is C19H22FN3O2. The maximum atomic E-state index is 13.6. The number of benzene rings is 1. The summed E-state index contributed by atoms with van der Waals surface area (Å²) in [5.74, 6) is -0.205. The Balaban J connectivity index is 1.62. The minimum Gasteiger partial charge on any atom is -0.396 e. The average Bonchev–Trinajstić information content (AvgIpc) is 3.22. The van der Waals surface area contributed by atoms with E-state index in [1.807, 2.05) is 13.2 Å². The summed E-state index contributed by atoms with van der Waals surface area (Å²) in [4.78, 5) is 14.2. The quantitative estimate of drug-likeness (QED) is 0.905. The molecule has 1 fully saturated rings. The topological polar surface area (TPSA) is 58.4 Å². The lowest BCUT2D eigenvalue weighted by molar-refractivity contribution is -0.129. The minimum atomic E-state index is -0.302. The van der Waals surface area contributed by atoms with Crippen molar-refractivity contribution < 1.29 is 14.3 Å². The second-order valence-corrected chi connectivity index (χ2v) is 6.42. The van der Waals surface area contributed by atoms with Gasteiger partial charge in [-0.05, 0) is 11.6 Å². The Kier molecular flexibility index (Phi) is 5.28. The van der Waals surface area contributed by atoms with Crippen LogP contribution in [0.4, 0.5) is 4.39 Å². The summed E-state index contributed by atoms with van der Waals surface area (Å²) in [6.45, 7) is 1.14. The lowest BCUT2D eigenvalue weighted by Crippen LogP contribution is -2.28. The number of nitrogens with zero attached hydrogens (tertiary/aromatic N) is 3. The van der Waals surface area contributed by atoms with Gasteiger partial charge in [-0.15, -0.1) is 0 Å². The Bertz CT molecular complexity index is 772. The number of carbonyl (C=O) groups excluding carboxylic acids is 1. The van der Waals surface area contributed by atoms with Crippen LogP contribution in [-0.4, -0.2) is 45.4 Å². The number of rotatable bonds is 5. The summed E-state index contributed by atoms with van der Waals surface area (Å²) in [7, 11) is 1.85. The number of halogens is 1. The fourth-order valence-electron chi connectivity index (χ4n) is 3.30. The van der Waals surface area contributed by atoms with Gasteiger partial charge in [0.15, 0.2) is 0 Å². The van der Waals surface area contributed by atoms with Crippen molar-refractivity contribution in [2.24, 2.45) is 13.0 Å². The summed E-state index contributed by atoms with van der Waals surface area (Å²) >= 11 is 0. The number of hydrogen-bond acceptors (Lipinski definition) is 3. The van der Waals surface area contributed by atoms with E-state index in [0.29, 0.717) is 18.7 Å². The first kappa shape index (κ1) is 17.4. The second kappa shape index (κ2) is 7.61. The summed E-state index contributed by atoms with van der Waals surface area (Å²) in [6, 6.07) is 6.46. The second-order valence-electron chi connectivity index (χ2n) is 6.42. The summed E-state index contributed by atoms with van der Waals surface area (Å²) in [5, 5.41) is 13.8. The molecule has 1 N–H and O–H groups in total. The van der Waals surface area contributed by atoms with Gasteiger partial charge in [-0.1, -0.05) is 30.4 Å². The summed E-state index contributed by atoms with van der Waals surface area (Å²) in [5.41, 5.74) is 1.51.